The third kappa shape index (κ3) is 4.96. The van der Waals surface area contributed by atoms with Crippen LogP contribution in [0.1, 0.15) is 54.0 Å². The van der Waals surface area contributed by atoms with Gasteiger partial charge in [-0.15, -0.1) is 22.7 Å². The molecule has 1 atom stereocenters. The molecule has 0 aliphatic carbocycles. The predicted molar refractivity (Wildman–Crippen MR) is 128 cm³/mol. The summed E-state index contributed by atoms with van der Waals surface area (Å²) in [7, 11) is 0. The Balaban J connectivity index is 0.000000171. The fourth-order valence-electron chi connectivity index (χ4n) is 3.25. The van der Waals surface area contributed by atoms with Crippen LogP contribution in [0.25, 0.3) is 0 Å². The third-order valence-corrected chi connectivity index (χ3v) is 7.18. The Hall–Kier alpha value is -2.53. The van der Waals surface area contributed by atoms with Crippen LogP contribution in [0, 0.1) is 27.7 Å². The molecule has 4 heteroatoms. The Bertz CT molecular complexity index is 1140. The quantitative estimate of drug-likeness (QED) is 0.350. The van der Waals surface area contributed by atoms with Gasteiger partial charge in [0.2, 0.25) is 5.78 Å². The van der Waals surface area contributed by atoms with Crippen molar-refractivity contribution in [3.05, 3.63) is 115 Å². The molecule has 30 heavy (non-hydrogen) atoms. The van der Waals surface area contributed by atoms with Crippen molar-refractivity contribution in [2.24, 2.45) is 0 Å². The predicted octanol–water partition coefficient (Wildman–Crippen LogP) is 7.04. The van der Waals surface area contributed by atoms with Crippen LogP contribution in [0.2, 0.25) is 0 Å². The van der Waals surface area contributed by atoms with Gasteiger partial charge in [-0.05, 0) is 78.4 Å². The number of carbonyl (C=O) groups is 1. The maximum Gasteiger partial charge on any atom is 0.203 e. The van der Waals surface area contributed by atoms with E-state index in [-0.39, 0.29) is 5.78 Å². The highest BCUT2D eigenvalue weighted by Crippen LogP contribution is 2.30. The van der Waals surface area contributed by atoms with E-state index in [4.69, 9.17) is 0 Å². The maximum absolute atomic E-state index is 12.2. The molecule has 0 bridgehead atoms. The van der Waals surface area contributed by atoms with E-state index in [0.717, 1.165) is 43.1 Å². The minimum atomic E-state index is -0.480. The van der Waals surface area contributed by atoms with Crippen molar-refractivity contribution in [3.8, 4) is 0 Å². The number of aliphatic hydroxyl groups is 1. The standard InChI is InChI=1S/C13H14OS.C13H12OS/c2*1-9-5-3-4-6-11(9)12(14)13-10(2)7-8-15-13/h3-8,12,14H,1-2H3;3-8H,1-2H3. The van der Waals surface area contributed by atoms with Crippen molar-refractivity contribution in [1.29, 1.82) is 0 Å². The van der Waals surface area contributed by atoms with E-state index in [9.17, 15) is 9.90 Å². The number of rotatable bonds is 4. The fraction of sp³-hybridized carbons (Fsp3) is 0.192. The summed E-state index contributed by atoms with van der Waals surface area (Å²) in [5, 5.41) is 14.2. The van der Waals surface area contributed by atoms with Crippen LogP contribution in [-0.4, -0.2) is 10.9 Å². The van der Waals surface area contributed by atoms with Crippen LogP contribution in [0.3, 0.4) is 0 Å². The largest absolute Gasteiger partial charge is 0.383 e. The molecule has 2 nitrogen and oxygen atoms in total. The minimum Gasteiger partial charge on any atom is -0.383 e. The Morgan fingerprint density at radius 3 is 1.90 bits per heavy atom. The molecule has 0 amide bonds. The number of ketones is 1. The van der Waals surface area contributed by atoms with E-state index in [1.165, 1.54) is 11.3 Å². The van der Waals surface area contributed by atoms with Crippen LogP contribution in [-0.2, 0) is 0 Å². The zero-order chi connectivity index (χ0) is 21.7. The zero-order valence-electron chi connectivity index (χ0n) is 17.7. The van der Waals surface area contributed by atoms with Crippen molar-refractivity contribution in [3.63, 3.8) is 0 Å². The molecule has 1 unspecified atom stereocenters. The van der Waals surface area contributed by atoms with Gasteiger partial charge in [-0.2, -0.15) is 0 Å². The molecule has 2 aromatic heterocycles. The lowest BCUT2D eigenvalue weighted by Crippen LogP contribution is -2.02. The molecular weight excluding hydrogens is 408 g/mol. The van der Waals surface area contributed by atoms with Crippen LogP contribution in [0.4, 0.5) is 0 Å². The van der Waals surface area contributed by atoms with Gasteiger partial charge in [-0.25, -0.2) is 0 Å². The summed E-state index contributed by atoms with van der Waals surface area (Å²) in [5.41, 5.74) is 6.21. The van der Waals surface area contributed by atoms with Gasteiger partial charge in [0.25, 0.3) is 0 Å². The lowest BCUT2D eigenvalue weighted by Gasteiger charge is -2.13. The molecule has 0 aliphatic heterocycles. The summed E-state index contributed by atoms with van der Waals surface area (Å²) < 4.78 is 0. The van der Waals surface area contributed by atoms with Gasteiger partial charge in [0, 0.05) is 10.4 Å². The van der Waals surface area contributed by atoms with Crippen LogP contribution in [0.15, 0.2) is 71.4 Å². The average molecular weight is 435 g/mol. The second-order valence-electron chi connectivity index (χ2n) is 7.30. The van der Waals surface area contributed by atoms with Crippen LogP contribution < -0.4 is 0 Å². The number of hydrogen-bond acceptors (Lipinski definition) is 4. The SMILES string of the molecule is Cc1ccccc1C(=O)c1sccc1C.Cc1ccccc1C(O)c1sccc1C. The van der Waals surface area contributed by atoms with Crippen molar-refractivity contribution < 1.29 is 9.90 Å². The van der Waals surface area contributed by atoms with Gasteiger partial charge in [-0.1, -0.05) is 48.5 Å². The van der Waals surface area contributed by atoms with Gasteiger partial charge in [0.1, 0.15) is 6.10 Å². The first-order chi connectivity index (χ1) is 14.4. The first kappa shape index (κ1) is 22.2. The number of aryl methyl sites for hydroxylation is 4. The monoisotopic (exact) mass is 434 g/mol. The molecule has 2 heterocycles. The van der Waals surface area contributed by atoms with Gasteiger partial charge in [0.05, 0.1) is 4.88 Å². The Morgan fingerprint density at radius 2 is 1.33 bits per heavy atom. The topological polar surface area (TPSA) is 37.3 Å². The van der Waals surface area contributed by atoms with E-state index in [0.29, 0.717) is 0 Å². The molecule has 0 fully saturated rings. The van der Waals surface area contributed by atoms with Gasteiger partial charge in [0.15, 0.2) is 0 Å². The number of thiophene rings is 2. The lowest BCUT2D eigenvalue weighted by molar-refractivity contribution is 0.104. The number of carbonyl (C=O) groups excluding carboxylic acids is 1. The molecule has 0 saturated heterocycles. The van der Waals surface area contributed by atoms with Gasteiger partial charge < -0.3 is 5.11 Å². The van der Waals surface area contributed by atoms with E-state index in [1.54, 1.807) is 11.3 Å². The molecule has 4 rings (SSSR count). The summed E-state index contributed by atoms with van der Waals surface area (Å²) in [6, 6.07) is 19.7. The fourth-order valence-corrected chi connectivity index (χ4v) is 5.06. The van der Waals surface area contributed by atoms with Crippen molar-refractivity contribution in [2.45, 2.75) is 33.8 Å². The molecule has 0 aliphatic rings. The Labute approximate surface area is 186 Å². The van der Waals surface area contributed by atoms with Crippen molar-refractivity contribution in [1.82, 2.24) is 0 Å². The first-order valence-corrected chi connectivity index (χ1v) is 11.6. The lowest BCUT2D eigenvalue weighted by atomic mass is 10.0. The Morgan fingerprint density at radius 1 is 0.733 bits per heavy atom. The second kappa shape index (κ2) is 9.98. The molecule has 154 valence electrons. The summed E-state index contributed by atoms with van der Waals surface area (Å²) in [4.78, 5) is 14.1. The number of aliphatic hydroxyl groups excluding tert-OH is 1. The van der Waals surface area contributed by atoms with E-state index < -0.39 is 6.10 Å². The molecular formula is C26H26O2S2. The molecule has 0 spiro atoms. The summed E-state index contributed by atoms with van der Waals surface area (Å²) in [6.07, 6.45) is -0.480. The Kier molecular flexibility index (Phi) is 7.38. The van der Waals surface area contributed by atoms with Crippen molar-refractivity contribution in [2.75, 3.05) is 0 Å². The maximum atomic E-state index is 12.2. The summed E-state index contributed by atoms with van der Waals surface area (Å²) in [6.45, 7) is 8.01. The zero-order valence-corrected chi connectivity index (χ0v) is 19.3. The van der Waals surface area contributed by atoms with Crippen LogP contribution >= 0.6 is 22.7 Å². The minimum absolute atomic E-state index is 0.139. The second-order valence-corrected chi connectivity index (χ2v) is 9.17. The van der Waals surface area contributed by atoms with Gasteiger partial charge >= 0.3 is 0 Å². The number of hydrogen-bond donors (Lipinski definition) is 1. The highest BCUT2D eigenvalue weighted by molar-refractivity contribution is 7.12. The number of benzene rings is 2. The third-order valence-electron chi connectivity index (χ3n) is 5.09. The summed E-state index contributed by atoms with van der Waals surface area (Å²) in [5.74, 6) is 0.139. The molecule has 4 aromatic rings. The van der Waals surface area contributed by atoms with E-state index in [1.807, 2.05) is 99.1 Å². The van der Waals surface area contributed by atoms with E-state index in [2.05, 4.69) is 0 Å². The van der Waals surface area contributed by atoms with Crippen molar-refractivity contribution >= 4 is 28.5 Å². The first-order valence-electron chi connectivity index (χ1n) is 9.82. The van der Waals surface area contributed by atoms with Gasteiger partial charge in [-0.3, -0.25) is 4.79 Å². The normalized spacial score (nSPS) is 11.5. The summed E-state index contributed by atoms with van der Waals surface area (Å²) >= 11 is 3.12. The molecule has 1 N–H and O–H groups in total. The van der Waals surface area contributed by atoms with Crippen LogP contribution in [0.5, 0.6) is 0 Å². The van der Waals surface area contributed by atoms with E-state index >= 15 is 0 Å². The molecule has 0 saturated carbocycles. The highest BCUT2D eigenvalue weighted by atomic mass is 32.1. The molecule has 2 aromatic carbocycles. The highest BCUT2D eigenvalue weighted by Gasteiger charge is 2.16. The molecule has 0 radical (unpaired) electrons. The average Bonchev–Trinajstić information content (AvgIpc) is 3.36. The smallest absolute Gasteiger partial charge is 0.203 e.